The molecule has 0 aliphatic carbocycles. The minimum absolute atomic E-state index is 0.196. The first-order valence-corrected chi connectivity index (χ1v) is 4.99. The summed E-state index contributed by atoms with van der Waals surface area (Å²) in [7, 11) is 3.73. The second-order valence-corrected chi connectivity index (χ2v) is 3.80. The van der Waals surface area contributed by atoms with Crippen molar-refractivity contribution in [2.75, 3.05) is 5.32 Å². The first kappa shape index (κ1) is 10.5. The van der Waals surface area contributed by atoms with Crippen LogP contribution in [-0.4, -0.2) is 20.0 Å². The highest BCUT2D eigenvalue weighted by Crippen LogP contribution is 2.12. The van der Waals surface area contributed by atoms with Gasteiger partial charge in [0.2, 0.25) is 0 Å². The van der Waals surface area contributed by atoms with Crippen LogP contribution in [0.1, 0.15) is 16.3 Å². The molecular formula is C11H14N4O. The highest BCUT2D eigenvalue weighted by Gasteiger charge is 2.11. The molecular weight excluding hydrogens is 204 g/mol. The molecule has 1 N–H and O–H groups in total. The van der Waals surface area contributed by atoms with Gasteiger partial charge in [-0.2, -0.15) is 0 Å². The van der Waals surface area contributed by atoms with Gasteiger partial charge >= 0.3 is 0 Å². The molecule has 2 heterocycles. The van der Waals surface area contributed by atoms with Gasteiger partial charge in [0.25, 0.3) is 5.91 Å². The van der Waals surface area contributed by atoms with Crippen LogP contribution >= 0.6 is 0 Å². The van der Waals surface area contributed by atoms with Crippen molar-refractivity contribution in [3.63, 3.8) is 0 Å². The zero-order chi connectivity index (χ0) is 11.7. The first-order valence-electron chi connectivity index (χ1n) is 4.99. The predicted molar refractivity (Wildman–Crippen MR) is 61.3 cm³/mol. The van der Waals surface area contributed by atoms with Crippen LogP contribution in [0.2, 0.25) is 0 Å². The summed E-state index contributed by atoms with van der Waals surface area (Å²) in [4.78, 5) is 15.8. The Bertz CT molecular complexity index is 504. The van der Waals surface area contributed by atoms with E-state index in [4.69, 9.17) is 0 Å². The summed E-state index contributed by atoms with van der Waals surface area (Å²) in [5.41, 5.74) is 1.88. The fourth-order valence-electron chi connectivity index (χ4n) is 1.51. The Morgan fingerprint density at radius 1 is 1.38 bits per heavy atom. The molecule has 2 aromatic heterocycles. The van der Waals surface area contributed by atoms with Gasteiger partial charge in [-0.1, -0.05) is 0 Å². The summed E-state index contributed by atoms with van der Waals surface area (Å²) < 4.78 is 3.64. The number of carbonyl (C=O) groups excluding carboxylic acids is 1. The van der Waals surface area contributed by atoms with E-state index in [9.17, 15) is 4.79 Å². The van der Waals surface area contributed by atoms with Crippen LogP contribution in [0.5, 0.6) is 0 Å². The van der Waals surface area contributed by atoms with Gasteiger partial charge in [0.15, 0.2) is 5.82 Å². The third-order valence-electron chi connectivity index (χ3n) is 2.54. The third kappa shape index (κ3) is 1.84. The number of aryl methyl sites for hydroxylation is 3. The Labute approximate surface area is 93.7 Å². The molecule has 1 amide bonds. The largest absolute Gasteiger partial charge is 0.353 e. The van der Waals surface area contributed by atoms with Gasteiger partial charge < -0.3 is 14.5 Å². The fraction of sp³-hybridized carbons (Fsp3) is 0.273. The molecule has 0 fully saturated rings. The summed E-state index contributed by atoms with van der Waals surface area (Å²) in [5, 5.41) is 2.80. The topological polar surface area (TPSA) is 51.9 Å². The Hall–Kier alpha value is -2.04. The SMILES string of the molecule is Cc1cc(NC(=O)c2nccn2C)cn1C. The number of hydrogen-bond donors (Lipinski definition) is 1. The quantitative estimate of drug-likeness (QED) is 0.826. The van der Waals surface area contributed by atoms with Crippen LogP contribution in [0.3, 0.4) is 0 Å². The van der Waals surface area contributed by atoms with Crippen molar-refractivity contribution < 1.29 is 4.79 Å². The standard InChI is InChI=1S/C11H14N4O/c1-8-6-9(7-15(8)3)13-11(16)10-12-4-5-14(10)2/h4-7H,1-3H3,(H,13,16). The van der Waals surface area contributed by atoms with E-state index < -0.39 is 0 Å². The highest BCUT2D eigenvalue weighted by molar-refractivity contribution is 6.01. The van der Waals surface area contributed by atoms with E-state index in [0.29, 0.717) is 5.82 Å². The predicted octanol–water partition coefficient (Wildman–Crippen LogP) is 1.32. The van der Waals surface area contributed by atoms with Crippen LogP contribution in [0.15, 0.2) is 24.7 Å². The Morgan fingerprint density at radius 2 is 2.12 bits per heavy atom. The van der Waals surface area contributed by atoms with Gasteiger partial charge in [0.1, 0.15) is 0 Å². The van der Waals surface area contributed by atoms with Gasteiger partial charge in [-0.05, 0) is 13.0 Å². The Morgan fingerprint density at radius 3 is 2.62 bits per heavy atom. The van der Waals surface area contributed by atoms with Crippen LogP contribution in [0.25, 0.3) is 0 Å². The average molecular weight is 218 g/mol. The summed E-state index contributed by atoms with van der Waals surface area (Å²) in [6, 6.07) is 1.92. The summed E-state index contributed by atoms with van der Waals surface area (Å²) in [6.45, 7) is 1.98. The third-order valence-corrected chi connectivity index (χ3v) is 2.54. The zero-order valence-corrected chi connectivity index (χ0v) is 9.56. The van der Waals surface area contributed by atoms with Crippen molar-refractivity contribution in [1.29, 1.82) is 0 Å². The van der Waals surface area contributed by atoms with Crippen LogP contribution in [0.4, 0.5) is 5.69 Å². The number of nitrogens with zero attached hydrogens (tertiary/aromatic N) is 3. The van der Waals surface area contributed by atoms with Crippen LogP contribution < -0.4 is 5.32 Å². The fourth-order valence-corrected chi connectivity index (χ4v) is 1.51. The summed E-state index contributed by atoms with van der Waals surface area (Å²) >= 11 is 0. The van der Waals surface area contributed by atoms with Crippen LogP contribution in [0, 0.1) is 6.92 Å². The molecule has 5 nitrogen and oxygen atoms in total. The second-order valence-electron chi connectivity index (χ2n) is 3.80. The van der Waals surface area contributed by atoms with Crippen molar-refractivity contribution in [1.82, 2.24) is 14.1 Å². The van der Waals surface area contributed by atoms with Crippen molar-refractivity contribution >= 4 is 11.6 Å². The smallest absolute Gasteiger partial charge is 0.291 e. The molecule has 16 heavy (non-hydrogen) atoms. The summed E-state index contributed by atoms with van der Waals surface area (Å²) in [5.74, 6) is 0.208. The van der Waals surface area contributed by atoms with Crippen molar-refractivity contribution in [3.05, 3.63) is 36.2 Å². The van der Waals surface area contributed by atoms with E-state index in [1.54, 1.807) is 24.0 Å². The van der Waals surface area contributed by atoms with E-state index in [1.807, 2.05) is 30.8 Å². The molecule has 0 bridgehead atoms. The monoisotopic (exact) mass is 218 g/mol. The van der Waals surface area contributed by atoms with Gasteiger partial charge in [0, 0.05) is 38.4 Å². The molecule has 0 aliphatic rings. The van der Waals surface area contributed by atoms with Crippen molar-refractivity contribution in [3.8, 4) is 0 Å². The number of imidazole rings is 1. The molecule has 2 rings (SSSR count). The molecule has 0 atom stereocenters. The number of nitrogens with one attached hydrogen (secondary N) is 1. The van der Waals surface area contributed by atoms with Gasteiger partial charge in [-0.15, -0.1) is 0 Å². The minimum atomic E-state index is -0.196. The highest BCUT2D eigenvalue weighted by atomic mass is 16.2. The molecule has 0 aliphatic heterocycles. The maximum atomic E-state index is 11.8. The lowest BCUT2D eigenvalue weighted by Gasteiger charge is -2.01. The molecule has 5 heteroatoms. The van der Waals surface area contributed by atoms with Crippen molar-refractivity contribution in [2.24, 2.45) is 14.1 Å². The Kier molecular flexibility index (Phi) is 2.52. The van der Waals surface area contributed by atoms with E-state index in [2.05, 4.69) is 10.3 Å². The lowest BCUT2D eigenvalue weighted by atomic mass is 10.4. The average Bonchev–Trinajstić information content (AvgIpc) is 2.74. The normalized spacial score (nSPS) is 10.4. The second kappa shape index (κ2) is 3.84. The molecule has 0 unspecified atom stereocenters. The maximum absolute atomic E-state index is 11.8. The van der Waals surface area contributed by atoms with Crippen molar-refractivity contribution in [2.45, 2.75) is 6.92 Å². The lowest BCUT2D eigenvalue weighted by molar-refractivity contribution is 0.101. The number of anilines is 1. The molecule has 0 spiro atoms. The number of aromatic nitrogens is 3. The van der Waals surface area contributed by atoms with E-state index in [-0.39, 0.29) is 5.91 Å². The molecule has 0 saturated heterocycles. The maximum Gasteiger partial charge on any atom is 0.291 e. The van der Waals surface area contributed by atoms with E-state index >= 15 is 0 Å². The number of amides is 1. The lowest BCUT2D eigenvalue weighted by Crippen LogP contribution is -2.16. The number of carbonyl (C=O) groups is 1. The minimum Gasteiger partial charge on any atom is -0.353 e. The molecule has 0 aromatic carbocycles. The first-order chi connectivity index (χ1) is 7.58. The van der Waals surface area contributed by atoms with Gasteiger partial charge in [0.05, 0.1) is 5.69 Å². The number of hydrogen-bond acceptors (Lipinski definition) is 2. The van der Waals surface area contributed by atoms with Gasteiger partial charge in [-0.25, -0.2) is 4.98 Å². The van der Waals surface area contributed by atoms with E-state index in [0.717, 1.165) is 11.4 Å². The molecule has 2 aromatic rings. The Balaban J connectivity index is 2.17. The number of rotatable bonds is 2. The van der Waals surface area contributed by atoms with Gasteiger partial charge in [-0.3, -0.25) is 4.79 Å². The van der Waals surface area contributed by atoms with E-state index in [1.165, 1.54) is 0 Å². The summed E-state index contributed by atoms with van der Waals surface area (Å²) in [6.07, 6.45) is 5.21. The molecule has 0 saturated carbocycles. The molecule has 0 radical (unpaired) electrons. The molecule has 84 valence electrons. The zero-order valence-electron chi connectivity index (χ0n) is 9.56. The van der Waals surface area contributed by atoms with Crippen LogP contribution in [-0.2, 0) is 14.1 Å².